The number of hydrogen-bond acceptors (Lipinski definition) is 3. The Labute approximate surface area is 284 Å². The molecule has 48 heavy (non-hydrogen) atoms. The Morgan fingerprint density at radius 2 is 0.583 bits per heavy atom. The Balaban J connectivity index is 1.71. The average molecular weight is 667 g/mol. The second kappa shape index (κ2) is 13.6. The van der Waals surface area contributed by atoms with Gasteiger partial charge in [-0.2, -0.15) is 0 Å². The van der Waals surface area contributed by atoms with E-state index < -0.39 is 19.8 Å². The molecular weight excluding hydrogens is 626 g/mol. The van der Waals surface area contributed by atoms with E-state index in [4.69, 9.17) is 9.05 Å². The Morgan fingerprint density at radius 1 is 0.396 bits per heavy atom. The van der Waals surface area contributed by atoms with Crippen LogP contribution in [0.2, 0.25) is 0 Å². The predicted molar refractivity (Wildman–Crippen MR) is 208 cm³/mol. The van der Waals surface area contributed by atoms with Crippen molar-refractivity contribution in [2.75, 3.05) is 12.3 Å². The first-order valence-electron chi connectivity index (χ1n) is 16.0. The van der Waals surface area contributed by atoms with Crippen LogP contribution in [-0.2, 0) is 9.05 Å². The van der Waals surface area contributed by atoms with Gasteiger partial charge in [-0.05, 0) is 0 Å². The quantitative estimate of drug-likeness (QED) is 0.0973. The van der Waals surface area contributed by atoms with Crippen LogP contribution in [0.4, 0.5) is 4.79 Å². The van der Waals surface area contributed by atoms with E-state index in [1.807, 2.05) is 121 Å². The van der Waals surface area contributed by atoms with E-state index in [0.29, 0.717) is 12.3 Å². The van der Waals surface area contributed by atoms with Gasteiger partial charge in [-0.25, -0.2) is 0 Å². The van der Waals surface area contributed by atoms with Gasteiger partial charge in [-0.15, -0.1) is 0 Å². The molecule has 0 radical (unpaired) electrons. The number of carbonyl (C=O) groups is 1. The Kier molecular flexibility index (Phi) is 9.29. The zero-order valence-electron chi connectivity index (χ0n) is 26.9. The fraction of sp³-hybridized carbons (Fsp3) is 0.0465. The maximum absolute atomic E-state index is 15.4. The molecule has 3 nitrogen and oxygen atoms in total. The van der Waals surface area contributed by atoms with Crippen molar-refractivity contribution in [2.45, 2.75) is 0 Å². The summed E-state index contributed by atoms with van der Waals surface area (Å²) >= 11 is 0. The van der Waals surface area contributed by atoms with Gasteiger partial charge < -0.3 is 0 Å². The predicted octanol–water partition coefficient (Wildman–Crippen LogP) is 8.40. The molecule has 6 aromatic rings. The average Bonchev–Trinajstić information content (AvgIpc) is 3.16. The van der Waals surface area contributed by atoms with E-state index >= 15 is 4.79 Å². The van der Waals surface area contributed by atoms with Crippen LogP contribution in [0.15, 0.2) is 207 Å². The first kappa shape index (κ1) is 32.9. The van der Waals surface area contributed by atoms with Crippen molar-refractivity contribution >= 4 is 51.6 Å². The Bertz CT molecular complexity index is 1640. The van der Waals surface area contributed by atoms with Crippen molar-refractivity contribution < 1.29 is 13.8 Å². The minimum absolute atomic E-state index is 0.373. The summed E-state index contributed by atoms with van der Waals surface area (Å²) in [5, 5.41) is 5.42. The molecule has 0 aliphatic carbocycles. The molecule has 0 atom stereocenters. The summed E-state index contributed by atoms with van der Waals surface area (Å²) < 4.78 is 14.6. The molecule has 240 valence electrons. The van der Waals surface area contributed by atoms with E-state index in [1.165, 1.54) is 0 Å². The Morgan fingerprint density at radius 3 is 0.750 bits per heavy atom. The van der Waals surface area contributed by atoms with Crippen molar-refractivity contribution in [3.63, 3.8) is 0 Å². The molecule has 0 aromatic heterocycles. The van der Waals surface area contributed by atoms with E-state index in [0.717, 1.165) is 31.8 Å². The molecule has 0 heterocycles. The van der Waals surface area contributed by atoms with Crippen LogP contribution in [-0.4, -0.2) is 18.5 Å². The number of rotatable bonds is 12. The molecule has 0 unspecified atom stereocenters. The van der Waals surface area contributed by atoms with Crippen molar-refractivity contribution in [2.24, 2.45) is 0 Å². The third kappa shape index (κ3) is 5.12. The second-order valence-electron chi connectivity index (χ2n) is 11.8. The number of hydrogen-bond donors (Lipinski definition) is 0. The maximum atomic E-state index is 15.4. The zero-order chi connectivity index (χ0) is 33.4. The molecule has 6 aromatic carbocycles. The fourth-order valence-corrected chi connectivity index (χ4v) is 17.6. The van der Waals surface area contributed by atoms with Crippen LogP contribution in [0.3, 0.4) is 0 Å². The molecule has 0 saturated carbocycles. The molecule has 0 amide bonds. The molecule has 5 heteroatoms. The Hall–Kier alpha value is -5.07. The van der Waals surface area contributed by atoms with Gasteiger partial charge in [0.05, 0.1) is 0 Å². The van der Waals surface area contributed by atoms with Crippen molar-refractivity contribution in [3.05, 3.63) is 207 Å². The summed E-state index contributed by atoms with van der Waals surface area (Å²) in [5.74, 6) is 0. The minimum atomic E-state index is -4.13. The van der Waals surface area contributed by atoms with Crippen LogP contribution in [0.5, 0.6) is 0 Å². The molecular formula is C43H40O3P2. The third-order valence-electron chi connectivity index (χ3n) is 9.32. The van der Waals surface area contributed by atoms with Gasteiger partial charge in [0.15, 0.2) is 0 Å². The van der Waals surface area contributed by atoms with E-state index in [-0.39, 0.29) is 0 Å². The fourth-order valence-electron chi connectivity index (χ4n) is 7.22. The van der Waals surface area contributed by atoms with Gasteiger partial charge in [0.2, 0.25) is 0 Å². The van der Waals surface area contributed by atoms with Crippen molar-refractivity contribution in [1.29, 1.82) is 0 Å². The summed E-state index contributed by atoms with van der Waals surface area (Å²) in [4.78, 5) is 15.4. The molecule has 0 N–H and O–H groups in total. The molecule has 0 bridgehead atoms. The van der Waals surface area contributed by atoms with Crippen LogP contribution in [0, 0.1) is 0 Å². The van der Waals surface area contributed by atoms with Crippen molar-refractivity contribution in [1.82, 2.24) is 0 Å². The summed E-state index contributed by atoms with van der Waals surface area (Å²) in [7, 11) is 0. The van der Waals surface area contributed by atoms with E-state index in [2.05, 4.69) is 86.0 Å². The van der Waals surface area contributed by atoms with E-state index in [9.17, 15) is 0 Å². The number of benzene rings is 6. The second-order valence-corrected chi connectivity index (χ2v) is 20.9. The standard InChI is InChI=1S/C43H40O3P2/c1-3-35-47(37-23-11-5-12-24-37,38-25-13-6-14-26-38,39-27-15-7-16-28-39)45-43(44)46-48(36-4-2,40-29-17-8-18-30-40,41-31-19-9-20-32-41)42-33-21-10-22-34-42/h3-34H,1-2,35-36H2. The van der Waals surface area contributed by atoms with Crippen LogP contribution in [0.25, 0.3) is 0 Å². The molecule has 0 aliphatic heterocycles. The normalized spacial score (nSPS) is 13.1. The first-order valence-corrected chi connectivity index (χ1v) is 20.7. The summed E-state index contributed by atoms with van der Waals surface area (Å²) in [6.07, 6.45) is 3.73. The first-order chi connectivity index (χ1) is 23.5. The topological polar surface area (TPSA) is 35.5 Å². The molecule has 0 fully saturated rings. The van der Waals surface area contributed by atoms with Crippen LogP contribution in [0.1, 0.15) is 0 Å². The molecule has 0 saturated heterocycles. The summed E-state index contributed by atoms with van der Waals surface area (Å²) in [5.41, 5.74) is 0. The van der Waals surface area contributed by atoms with Gasteiger partial charge in [-0.1, -0.05) is 0 Å². The van der Waals surface area contributed by atoms with Gasteiger partial charge in [0, 0.05) is 0 Å². The molecule has 0 aliphatic rings. The summed E-state index contributed by atoms with van der Waals surface area (Å²) in [6.45, 7) is 0.203. The zero-order valence-corrected chi connectivity index (χ0v) is 28.7. The van der Waals surface area contributed by atoms with Gasteiger partial charge in [0.25, 0.3) is 0 Å². The van der Waals surface area contributed by atoms with Crippen LogP contribution >= 0.6 is 13.7 Å². The monoisotopic (exact) mass is 666 g/mol. The third-order valence-corrected chi connectivity index (χ3v) is 20.7. The van der Waals surface area contributed by atoms with Gasteiger partial charge in [0.1, 0.15) is 0 Å². The van der Waals surface area contributed by atoms with Crippen LogP contribution < -0.4 is 31.8 Å². The van der Waals surface area contributed by atoms with Gasteiger partial charge >= 0.3 is 285 Å². The van der Waals surface area contributed by atoms with E-state index in [1.54, 1.807) is 0 Å². The van der Waals surface area contributed by atoms with Crippen molar-refractivity contribution in [3.8, 4) is 0 Å². The number of carbonyl (C=O) groups excluding carboxylic acids is 1. The molecule has 0 spiro atoms. The summed E-state index contributed by atoms with van der Waals surface area (Å²) in [6, 6.07) is 60.5. The van der Waals surface area contributed by atoms with Gasteiger partial charge in [-0.3, -0.25) is 0 Å². The molecule has 6 rings (SSSR count). The SMILES string of the molecule is C=CCP(OC(=O)OP(CC=C)(c1ccccc1)(c1ccccc1)c1ccccc1)(c1ccccc1)(c1ccccc1)c1ccccc1. The number of allylic oxidation sites excluding steroid dienone is 2.